The molecule has 0 N–H and O–H groups in total. The molecule has 0 aliphatic heterocycles. The van der Waals surface area contributed by atoms with Crippen molar-refractivity contribution in [1.82, 2.24) is 0 Å². The van der Waals surface area contributed by atoms with Crippen LogP contribution in [-0.2, 0) is 0 Å². The molecular weight excluding hydrogens is 264 g/mol. The lowest BCUT2D eigenvalue weighted by molar-refractivity contribution is 0.535. The Balaban J connectivity index is 1.95. The minimum Gasteiger partial charge on any atom is -0.0648 e. The lowest BCUT2D eigenvalue weighted by Crippen LogP contribution is -2.01. The molecule has 0 fully saturated rings. The third-order valence-corrected chi connectivity index (χ3v) is 4.88. The van der Waals surface area contributed by atoms with Gasteiger partial charge in [-0.25, -0.2) is 0 Å². The summed E-state index contributed by atoms with van der Waals surface area (Å²) in [6.45, 7) is 9.18. The van der Waals surface area contributed by atoms with Crippen molar-refractivity contribution >= 4 is 0 Å². The van der Waals surface area contributed by atoms with Crippen molar-refractivity contribution in [3.63, 3.8) is 0 Å². The quantitative estimate of drug-likeness (QED) is 0.521. The molecule has 0 aromatic heterocycles. The van der Waals surface area contributed by atoms with Crippen LogP contribution in [-0.4, -0.2) is 0 Å². The van der Waals surface area contributed by atoms with Crippen LogP contribution >= 0.6 is 0 Å². The van der Waals surface area contributed by atoms with E-state index in [9.17, 15) is 0 Å². The van der Waals surface area contributed by atoms with Gasteiger partial charge in [0.15, 0.2) is 0 Å². The molecule has 2 unspecified atom stereocenters. The van der Waals surface area contributed by atoms with E-state index >= 15 is 0 Å². The Kier molecular flexibility index (Phi) is 6.24. The van der Waals surface area contributed by atoms with E-state index < -0.39 is 0 Å². The molecule has 0 aliphatic carbocycles. The van der Waals surface area contributed by atoms with E-state index in [1.165, 1.54) is 36.0 Å². The van der Waals surface area contributed by atoms with Crippen LogP contribution in [0.5, 0.6) is 0 Å². The van der Waals surface area contributed by atoms with Gasteiger partial charge in [-0.3, -0.25) is 0 Å². The molecular formula is C22H30. The molecule has 2 aromatic carbocycles. The largest absolute Gasteiger partial charge is 0.0648 e. The number of rotatable bonds is 7. The zero-order chi connectivity index (χ0) is 15.9. The normalized spacial score (nSPS) is 14.0. The topological polar surface area (TPSA) is 0 Å². The van der Waals surface area contributed by atoms with Gasteiger partial charge < -0.3 is 0 Å². The van der Waals surface area contributed by atoms with Gasteiger partial charge in [-0.1, -0.05) is 82.3 Å². The second-order valence-electron chi connectivity index (χ2n) is 6.82. The number of hydrogen-bond acceptors (Lipinski definition) is 0. The van der Waals surface area contributed by atoms with Crippen LogP contribution in [0.1, 0.15) is 81.4 Å². The molecule has 0 bridgehead atoms. The monoisotopic (exact) mass is 294 g/mol. The predicted molar refractivity (Wildman–Crippen MR) is 97.7 cm³/mol. The van der Waals surface area contributed by atoms with Gasteiger partial charge in [-0.05, 0) is 53.7 Å². The molecule has 22 heavy (non-hydrogen) atoms. The highest BCUT2D eigenvalue weighted by atomic mass is 14.2. The van der Waals surface area contributed by atoms with Crippen molar-refractivity contribution in [2.24, 2.45) is 0 Å². The van der Waals surface area contributed by atoms with Crippen LogP contribution in [0, 0.1) is 0 Å². The molecule has 0 aliphatic rings. The molecule has 118 valence electrons. The van der Waals surface area contributed by atoms with Crippen LogP contribution in [0.15, 0.2) is 54.6 Å². The molecule has 2 aromatic rings. The third-order valence-electron chi connectivity index (χ3n) is 4.88. The Morgan fingerprint density at radius 2 is 1.27 bits per heavy atom. The van der Waals surface area contributed by atoms with E-state index in [-0.39, 0.29) is 0 Å². The smallest absolute Gasteiger partial charge is 0.0164 e. The molecule has 0 spiro atoms. The first-order valence-electron chi connectivity index (χ1n) is 8.76. The van der Waals surface area contributed by atoms with E-state index in [0.29, 0.717) is 17.8 Å². The Morgan fingerprint density at radius 1 is 0.682 bits per heavy atom. The predicted octanol–water partition coefficient (Wildman–Crippen LogP) is 6.89. The molecule has 0 radical (unpaired) electrons. The Bertz CT molecular complexity index is 536. The zero-order valence-electron chi connectivity index (χ0n) is 14.5. The van der Waals surface area contributed by atoms with Crippen LogP contribution in [0.3, 0.4) is 0 Å². The SMILES string of the molecule is CCC(CCC(C)c1ccc(C(C)C)cc1)c1ccccc1. The molecule has 0 nitrogen and oxygen atoms in total. The summed E-state index contributed by atoms with van der Waals surface area (Å²) in [6, 6.07) is 20.2. The Labute approximate surface area is 136 Å². The first kappa shape index (κ1) is 16.8. The standard InChI is InChI=1S/C22H30/c1-5-19(22-9-7-6-8-10-22)12-11-18(4)21-15-13-20(14-16-21)17(2)3/h6-10,13-19H,5,11-12H2,1-4H3. The zero-order valence-corrected chi connectivity index (χ0v) is 14.5. The van der Waals surface area contributed by atoms with Gasteiger partial charge in [0.1, 0.15) is 0 Å². The van der Waals surface area contributed by atoms with Crippen molar-refractivity contribution < 1.29 is 0 Å². The summed E-state index contributed by atoms with van der Waals surface area (Å²) in [6.07, 6.45) is 3.76. The summed E-state index contributed by atoms with van der Waals surface area (Å²) in [7, 11) is 0. The maximum atomic E-state index is 2.36. The van der Waals surface area contributed by atoms with Crippen molar-refractivity contribution in [2.45, 2.75) is 64.7 Å². The summed E-state index contributed by atoms with van der Waals surface area (Å²) >= 11 is 0. The summed E-state index contributed by atoms with van der Waals surface area (Å²) in [5.41, 5.74) is 4.41. The van der Waals surface area contributed by atoms with Gasteiger partial charge in [-0.2, -0.15) is 0 Å². The summed E-state index contributed by atoms with van der Waals surface area (Å²) in [4.78, 5) is 0. The second kappa shape index (κ2) is 8.17. The third kappa shape index (κ3) is 4.47. The summed E-state index contributed by atoms with van der Waals surface area (Å²) in [5, 5.41) is 0. The van der Waals surface area contributed by atoms with E-state index in [0.717, 1.165) is 0 Å². The van der Waals surface area contributed by atoms with Gasteiger partial charge in [0.25, 0.3) is 0 Å². The molecule has 2 rings (SSSR count). The van der Waals surface area contributed by atoms with Gasteiger partial charge in [0, 0.05) is 0 Å². The van der Waals surface area contributed by atoms with Crippen LogP contribution < -0.4 is 0 Å². The molecule has 0 saturated heterocycles. The van der Waals surface area contributed by atoms with Gasteiger partial charge in [0.05, 0.1) is 0 Å². The minimum absolute atomic E-state index is 0.618. The summed E-state index contributed by atoms with van der Waals surface area (Å²) < 4.78 is 0. The molecule has 2 atom stereocenters. The van der Waals surface area contributed by atoms with Crippen LogP contribution in [0.2, 0.25) is 0 Å². The average Bonchev–Trinajstić information content (AvgIpc) is 2.56. The van der Waals surface area contributed by atoms with Crippen molar-refractivity contribution in [3.05, 3.63) is 71.3 Å². The first-order chi connectivity index (χ1) is 10.6. The van der Waals surface area contributed by atoms with E-state index in [2.05, 4.69) is 82.3 Å². The first-order valence-corrected chi connectivity index (χ1v) is 8.76. The Morgan fingerprint density at radius 3 is 1.82 bits per heavy atom. The minimum atomic E-state index is 0.618. The van der Waals surface area contributed by atoms with Crippen LogP contribution in [0.4, 0.5) is 0 Å². The summed E-state index contributed by atoms with van der Waals surface area (Å²) in [5.74, 6) is 1.95. The number of hydrogen-bond donors (Lipinski definition) is 0. The van der Waals surface area contributed by atoms with Gasteiger partial charge in [0.2, 0.25) is 0 Å². The van der Waals surface area contributed by atoms with Crippen molar-refractivity contribution in [2.75, 3.05) is 0 Å². The maximum Gasteiger partial charge on any atom is -0.0164 e. The van der Waals surface area contributed by atoms with Gasteiger partial charge in [-0.15, -0.1) is 0 Å². The average molecular weight is 294 g/mol. The molecule has 0 saturated carbocycles. The lowest BCUT2D eigenvalue weighted by Gasteiger charge is -2.19. The van der Waals surface area contributed by atoms with Crippen molar-refractivity contribution in [3.8, 4) is 0 Å². The molecule has 0 heterocycles. The second-order valence-corrected chi connectivity index (χ2v) is 6.82. The van der Waals surface area contributed by atoms with E-state index in [1.54, 1.807) is 0 Å². The van der Waals surface area contributed by atoms with E-state index in [4.69, 9.17) is 0 Å². The fourth-order valence-electron chi connectivity index (χ4n) is 3.16. The fraction of sp³-hybridized carbons (Fsp3) is 0.455. The highest BCUT2D eigenvalue weighted by molar-refractivity contribution is 5.27. The highest BCUT2D eigenvalue weighted by Crippen LogP contribution is 2.30. The highest BCUT2D eigenvalue weighted by Gasteiger charge is 2.12. The maximum absolute atomic E-state index is 2.36. The number of benzene rings is 2. The molecule has 0 amide bonds. The lowest BCUT2D eigenvalue weighted by atomic mass is 9.86. The Hall–Kier alpha value is -1.56. The fourth-order valence-corrected chi connectivity index (χ4v) is 3.16. The van der Waals surface area contributed by atoms with E-state index in [1.807, 2.05) is 0 Å². The molecule has 0 heteroatoms. The van der Waals surface area contributed by atoms with Crippen LogP contribution in [0.25, 0.3) is 0 Å². The van der Waals surface area contributed by atoms with Gasteiger partial charge >= 0.3 is 0 Å². The van der Waals surface area contributed by atoms with Crippen molar-refractivity contribution in [1.29, 1.82) is 0 Å².